The summed E-state index contributed by atoms with van der Waals surface area (Å²) in [6, 6.07) is 20.3. The summed E-state index contributed by atoms with van der Waals surface area (Å²) in [4.78, 5) is 25.2. The van der Waals surface area contributed by atoms with Crippen molar-refractivity contribution in [3.63, 3.8) is 0 Å². The number of hydrogen-bond acceptors (Lipinski definition) is 5. The molecule has 7 nitrogen and oxygen atoms in total. The highest BCUT2D eigenvalue weighted by molar-refractivity contribution is 7.92. The van der Waals surface area contributed by atoms with Crippen LogP contribution in [0.3, 0.4) is 0 Å². The number of benzene rings is 3. The zero-order chi connectivity index (χ0) is 25.2. The predicted molar refractivity (Wildman–Crippen MR) is 135 cm³/mol. The van der Waals surface area contributed by atoms with Crippen LogP contribution in [0.1, 0.15) is 42.3 Å². The topological polar surface area (TPSA) is 92.8 Å². The zero-order valence-electron chi connectivity index (χ0n) is 19.9. The van der Waals surface area contributed by atoms with Gasteiger partial charge < -0.3 is 10.1 Å². The number of nitrogens with zero attached hydrogens (tertiary/aromatic N) is 1. The van der Waals surface area contributed by atoms with Crippen molar-refractivity contribution in [2.24, 2.45) is 0 Å². The van der Waals surface area contributed by atoms with Gasteiger partial charge in [0.05, 0.1) is 16.1 Å². The van der Waals surface area contributed by atoms with Crippen molar-refractivity contribution in [1.29, 1.82) is 0 Å². The third kappa shape index (κ3) is 5.07. The van der Waals surface area contributed by atoms with Crippen LogP contribution in [-0.2, 0) is 32.4 Å². The van der Waals surface area contributed by atoms with E-state index in [-0.39, 0.29) is 16.5 Å². The molecule has 1 heterocycles. The lowest BCUT2D eigenvalue weighted by Crippen LogP contribution is -2.35. The van der Waals surface area contributed by atoms with Gasteiger partial charge >= 0.3 is 5.97 Å². The van der Waals surface area contributed by atoms with E-state index in [0.717, 1.165) is 17.5 Å². The smallest absolute Gasteiger partial charge is 0.338 e. The minimum absolute atomic E-state index is 0.0105. The van der Waals surface area contributed by atoms with E-state index in [1.54, 1.807) is 24.3 Å². The third-order valence-electron chi connectivity index (χ3n) is 6.05. The summed E-state index contributed by atoms with van der Waals surface area (Å²) in [5.41, 5.74) is 3.40. The van der Waals surface area contributed by atoms with Gasteiger partial charge in [0.2, 0.25) is 0 Å². The average Bonchev–Trinajstić information content (AvgIpc) is 3.20. The minimum Gasteiger partial charge on any atom is -0.449 e. The molecular formula is C27H28N2O5S. The molecule has 8 heteroatoms. The van der Waals surface area contributed by atoms with Gasteiger partial charge in [-0.05, 0) is 74.2 Å². The second kappa shape index (κ2) is 9.92. The van der Waals surface area contributed by atoms with Crippen LogP contribution >= 0.6 is 0 Å². The molecule has 0 aromatic heterocycles. The fourth-order valence-corrected chi connectivity index (χ4v) is 5.89. The maximum absolute atomic E-state index is 13.5. The number of amides is 1. The normalized spacial score (nSPS) is 15.9. The van der Waals surface area contributed by atoms with Crippen molar-refractivity contribution in [3.05, 3.63) is 89.5 Å². The SMILES string of the molecule is CCc1ccc(NC(=O)C(C)OC(=O)c2cccc(S(=O)(=O)N3c4ccccc4CC3C)c2)cc1. The zero-order valence-corrected chi connectivity index (χ0v) is 20.7. The molecule has 0 radical (unpaired) electrons. The van der Waals surface area contributed by atoms with Gasteiger partial charge in [-0.3, -0.25) is 9.10 Å². The number of ether oxygens (including phenoxy) is 1. The number of carbonyl (C=O) groups is 2. The summed E-state index contributed by atoms with van der Waals surface area (Å²) in [5, 5.41) is 2.72. The minimum atomic E-state index is -3.90. The van der Waals surface area contributed by atoms with Crippen molar-refractivity contribution in [2.75, 3.05) is 9.62 Å². The number of nitrogens with one attached hydrogen (secondary N) is 1. The van der Waals surface area contributed by atoms with Gasteiger partial charge in [-0.2, -0.15) is 0 Å². The summed E-state index contributed by atoms with van der Waals surface area (Å²) in [7, 11) is -3.90. The Morgan fingerprint density at radius 1 is 1.06 bits per heavy atom. The van der Waals surface area contributed by atoms with Crippen molar-refractivity contribution < 1.29 is 22.7 Å². The summed E-state index contributed by atoms with van der Waals surface area (Å²) in [6.45, 7) is 5.36. The fraction of sp³-hybridized carbons (Fsp3) is 0.259. The molecule has 3 aromatic carbocycles. The van der Waals surface area contributed by atoms with Crippen LogP contribution in [0.2, 0.25) is 0 Å². The van der Waals surface area contributed by atoms with Crippen molar-refractivity contribution in [3.8, 4) is 0 Å². The highest BCUT2D eigenvalue weighted by atomic mass is 32.2. The lowest BCUT2D eigenvalue weighted by atomic mass is 10.1. The summed E-state index contributed by atoms with van der Waals surface area (Å²) in [5.74, 6) is -1.25. The van der Waals surface area contributed by atoms with E-state index >= 15 is 0 Å². The molecule has 3 aromatic rings. The second-order valence-electron chi connectivity index (χ2n) is 8.60. The number of esters is 1. The molecule has 182 valence electrons. The van der Waals surface area contributed by atoms with Crippen LogP contribution in [-0.4, -0.2) is 32.4 Å². The molecule has 35 heavy (non-hydrogen) atoms. The summed E-state index contributed by atoms with van der Waals surface area (Å²) in [6.07, 6.45) is 0.435. The molecule has 0 saturated heterocycles. The number of anilines is 2. The number of aryl methyl sites for hydroxylation is 1. The highest BCUT2D eigenvalue weighted by Gasteiger charge is 2.36. The molecule has 1 N–H and O–H groups in total. The number of carbonyl (C=O) groups excluding carboxylic acids is 2. The molecule has 1 amide bonds. The Balaban J connectivity index is 1.48. The van der Waals surface area contributed by atoms with Gasteiger partial charge in [-0.1, -0.05) is 43.3 Å². The van der Waals surface area contributed by atoms with Crippen molar-refractivity contribution in [1.82, 2.24) is 0 Å². The first-order valence-electron chi connectivity index (χ1n) is 11.5. The Labute approximate surface area is 205 Å². The maximum atomic E-state index is 13.5. The lowest BCUT2D eigenvalue weighted by Gasteiger charge is -2.24. The Morgan fingerprint density at radius 2 is 1.77 bits per heavy atom. The van der Waals surface area contributed by atoms with E-state index in [1.165, 1.54) is 35.5 Å². The Kier molecular flexibility index (Phi) is 6.93. The van der Waals surface area contributed by atoms with Crippen LogP contribution in [0.5, 0.6) is 0 Å². The summed E-state index contributed by atoms with van der Waals surface area (Å²) < 4.78 is 33.7. The number of para-hydroxylation sites is 1. The highest BCUT2D eigenvalue weighted by Crippen LogP contribution is 2.36. The fourth-order valence-electron chi connectivity index (χ4n) is 4.15. The van der Waals surface area contributed by atoms with Crippen LogP contribution in [0.4, 0.5) is 11.4 Å². The van der Waals surface area contributed by atoms with Gasteiger partial charge in [-0.25, -0.2) is 13.2 Å². The Morgan fingerprint density at radius 3 is 2.49 bits per heavy atom. The Hall–Kier alpha value is -3.65. The molecule has 0 bridgehead atoms. The van der Waals surface area contributed by atoms with Gasteiger partial charge in [0, 0.05) is 11.7 Å². The molecule has 4 rings (SSSR count). The molecule has 0 spiro atoms. The lowest BCUT2D eigenvalue weighted by molar-refractivity contribution is -0.123. The molecule has 0 fully saturated rings. The standard InChI is InChI=1S/C27H28N2O5S/c1-4-20-12-14-23(15-13-20)28-26(30)19(3)34-27(31)22-9-7-10-24(17-22)35(32,33)29-18(2)16-21-8-5-6-11-25(21)29/h5-15,17-19H,4,16H2,1-3H3,(H,28,30). The van der Waals surface area contributed by atoms with E-state index in [4.69, 9.17) is 4.74 Å². The molecule has 0 aliphatic carbocycles. The van der Waals surface area contributed by atoms with Crippen LogP contribution in [0.25, 0.3) is 0 Å². The Bertz CT molecular complexity index is 1350. The molecule has 2 atom stereocenters. The molecule has 2 unspecified atom stereocenters. The van der Waals surface area contributed by atoms with Gasteiger partial charge in [0.1, 0.15) is 0 Å². The molecule has 0 saturated carbocycles. The van der Waals surface area contributed by atoms with E-state index in [0.29, 0.717) is 17.8 Å². The van der Waals surface area contributed by atoms with Gasteiger partial charge in [-0.15, -0.1) is 0 Å². The predicted octanol–water partition coefficient (Wildman–Crippen LogP) is 4.57. The number of hydrogen-bond donors (Lipinski definition) is 1. The molecule has 1 aliphatic heterocycles. The third-order valence-corrected chi connectivity index (χ3v) is 7.98. The van der Waals surface area contributed by atoms with E-state index in [9.17, 15) is 18.0 Å². The quantitative estimate of drug-likeness (QED) is 0.488. The molecule has 1 aliphatic rings. The number of rotatable bonds is 7. The first-order valence-corrected chi connectivity index (χ1v) is 13.0. The van der Waals surface area contributed by atoms with Gasteiger partial charge in [0.25, 0.3) is 15.9 Å². The number of fused-ring (bicyclic) bond motifs is 1. The summed E-state index contributed by atoms with van der Waals surface area (Å²) >= 11 is 0. The first kappa shape index (κ1) is 24.5. The average molecular weight is 493 g/mol. The monoisotopic (exact) mass is 492 g/mol. The van der Waals surface area contributed by atoms with Gasteiger partial charge in [0.15, 0.2) is 6.10 Å². The van der Waals surface area contributed by atoms with Crippen LogP contribution in [0, 0.1) is 0 Å². The first-order chi connectivity index (χ1) is 16.7. The second-order valence-corrected chi connectivity index (χ2v) is 10.4. The van der Waals surface area contributed by atoms with Crippen LogP contribution < -0.4 is 9.62 Å². The maximum Gasteiger partial charge on any atom is 0.338 e. The van der Waals surface area contributed by atoms with E-state index in [2.05, 4.69) is 5.32 Å². The number of sulfonamides is 1. The van der Waals surface area contributed by atoms with E-state index < -0.39 is 28.0 Å². The van der Waals surface area contributed by atoms with E-state index in [1.807, 2.05) is 38.1 Å². The largest absolute Gasteiger partial charge is 0.449 e. The van der Waals surface area contributed by atoms with Crippen LogP contribution in [0.15, 0.2) is 77.7 Å². The van der Waals surface area contributed by atoms with Crippen molar-refractivity contribution >= 4 is 33.3 Å². The van der Waals surface area contributed by atoms with Crippen molar-refractivity contribution in [2.45, 2.75) is 50.7 Å². The molecular weight excluding hydrogens is 464 g/mol.